The first kappa shape index (κ1) is 36.0. The van der Waals surface area contributed by atoms with Crippen molar-refractivity contribution >= 4 is 14.7 Å². The summed E-state index contributed by atoms with van der Waals surface area (Å²) in [5, 5.41) is 0. The number of hydrogen-bond acceptors (Lipinski definition) is 1. The number of rotatable bonds is 3. The number of hydrogen-bond donors (Lipinski definition) is 0. The molecular weight excluding hydrogens is 432 g/mol. The Labute approximate surface area is 139 Å². The van der Waals surface area contributed by atoms with Gasteiger partial charge in [0.25, 0.3) is 0 Å². The Hall–Kier alpha value is 1.53. The van der Waals surface area contributed by atoms with Crippen molar-refractivity contribution in [2.45, 2.75) is 34.6 Å². The summed E-state index contributed by atoms with van der Waals surface area (Å²) in [6.45, 7) is 10.0. The molecule has 0 heterocycles. The zero-order valence-electron chi connectivity index (χ0n) is 10.8. The zero-order valence-corrected chi connectivity index (χ0v) is 16.6. The molecule has 0 N–H and O–H groups in total. The third-order valence-corrected chi connectivity index (χ3v) is 1.54. The minimum atomic E-state index is 0. The molecule has 0 amide bonds. The molecule has 0 aromatic carbocycles. The maximum absolute atomic E-state index is 8.68. The second kappa shape index (κ2) is 29.6. The summed E-state index contributed by atoms with van der Waals surface area (Å²) in [7, 11) is 0. The van der Waals surface area contributed by atoms with Gasteiger partial charge in [0.15, 0.2) is 0 Å². The SMILES string of the molecule is C[C-]=O.C[CH-]C([CH-]C)C(C)C.[B].[CH3-].[W+2].[Y]. The Balaban J connectivity index is -0.0000000262. The van der Waals surface area contributed by atoms with Gasteiger partial charge in [0.2, 0.25) is 0 Å². The van der Waals surface area contributed by atoms with Gasteiger partial charge in [0, 0.05) is 41.1 Å². The minimum Gasteiger partial charge on any atom is -0.542 e. The Morgan fingerprint density at radius 1 is 1.13 bits per heavy atom. The molecule has 86 valence electrons. The van der Waals surface area contributed by atoms with E-state index in [-0.39, 0.29) is 69.6 Å². The Morgan fingerprint density at radius 3 is 1.33 bits per heavy atom. The fourth-order valence-electron chi connectivity index (χ4n) is 0.962. The fourth-order valence-corrected chi connectivity index (χ4v) is 0.962. The first-order valence-corrected chi connectivity index (χ1v) is 4.01. The molecule has 0 unspecified atom stereocenters. The topological polar surface area (TPSA) is 17.1 Å². The van der Waals surface area contributed by atoms with Crippen LogP contribution >= 0.6 is 0 Å². The van der Waals surface area contributed by atoms with Crippen molar-refractivity contribution in [2.24, 2.45) is 11.8 Å². The van der Waals surface area contributed by atoms with Gasteiger partial charge in [-0.25, -0.2) is 0 Å². The van der Waals surface area contributed by atoms with Gasteiger partial charge in [-0.05, 0) is 0 Å². The van der Waals surface area contributed by atoms with Gasteiger partial charge in [-0.3, -0.25) is 12.2 Å². The van der Waals surface area contributed by atoms with Gasteiger partial charge >= 0.3 is 21.1 Å². The molecule has 0 bridgehead atoms. The van der Waals surface area contributed by atoms with Crippen molar-refractivity contribution in [3.8, 4) is 0 Å². The molecule has 15 heavy (non-hydrogen) atoms. The molecule has 4 heteroatoms. The summed E-state index contributed by atoms with van der Waals surface area (Å²) in [6, 6.07) is 0. The van der Waals surface area contributed by atoms with Crippen LogP contribution in [0.5, 0.6) is 0 Å². The van der Waals surface area contributed by atoms with E-state index in [1.165, 1.54) is 13.2 Å². The third-order valence-electron chi connectivity index (χ3n) is 1.54. The summed E-state index contributed by atoms with van der Waals surface area (Å²) in [4.78, 5) is 8.68. The summed E-state index contributed by atoms with van der Waals surface area (Å²) in [6.07, 6.45) is 5.98. The normalized spacial score (nSPS) is 6.87. The van der Waals surface area contributed by atoms with E-state index < -0.39 is 0 Å². The third kappa shape index (κ3) is 31.3. The number of carbonyl (C=O) groups excluding carboxylic acids is 1. The first-order chi connectivity index (χ1) is 5.13. The molecule has 0 aromatic heterocycles. The standard InChI is InChI=1S/C8H16.C2H3O.CH3.B.W.Y/c1-5-8(6-2)7(3)4;1-2-3;;;;/h5-8H,1-4H3;1H3;1H3;;;/q-2;2*-1;;+2;. The summed E-state index contributed by atoms with van der Waals surface area (Å²) >= 11 is 0. The Bertz CT molecular complexity index is 88.7. The van der Waals surface area contributed by atoms with Crippen LogP contribution in [0.15, 0.2) is 0 Å². The maximum Gasteiger partial charge on any atom is 2.00 e. The summed E-state index contributed by atoms with van der Waals surface area (Å²) in [5.74, 6) is 1.47. The maximum atomic E-state index is 8.68. The van der Waals surface area contributed by atoms with Crippen LogP contribution in [0.25, 0.3) is 0 Å². The molecule has 4 radical (unpaired) electrons. The molecule has 1 nitrogen and oxygen atoms in total. The van der Waals surface area contributed by atoms with E-state index in [0.717, 1.165) is 5.92 Å². The average Bonchev–Trinajstić information content (AvgIpc) is 1.91. The van der Waals surface area contributed by atoms with Crippen LogP contribution in [0, 0.1) is 32.1 Å². The van der Waals surface area contributed by atoms with E-state index in [9.17, 15) is 0 Å². The second-order valence-corrected chi connectivity index (χ2v) is 2.69. The predicted molar refractivity (Wildman–Crippen MR) is 61.8 cm³/mol. The molecule has 0 saturated heterocycles. The molecular formula is C11H22BOWY-2. The predicted octanol–water partition coefficient (Wildman–Crippen LogP) is 2.89. The van der Waals surface area contributed by atoms with Crippen LogP contribution in [-0.4, -0.2) is 14.7 Å². The molecule has 0 aliphatic rings. The van der Waals surface area contributed by atoms with Crippen molar-refractivity contribution in [3.05, 3.63) is 20.3 Å². The molecule has 0 saturated carbocycles. The van der Waals surface area contributed by atoms with E-state index in [0.29, 0.717) is 5.92 Å². The van der Waals surface area contributed by atoms with E-state index in [1.807, 2.05) is 0 Å². The summed E-state index contributed by atoms with van der Waals surface area (Å²) in [5.41, 5.74) is 0. The van der Waals surface area contributed by atoms with Crippen molar-refractivity contribution in [3.63, 3.8) is 0 Å². The smallest absolute Gasteiger partial charge is 0.542 e. The summed E-state index contributed by atoms with van der Waals surface area (Å²) < 4.78 is 0. The quantitative estimate of drug-likeness (QED) is 0.474. The van der Waals surface area contributed by atoms with Crippen LogP contribution in [0.1, 0.15) is 34.6 Å². The van der Waals surface area contributed by atoms with Gasteiger partial charge in [-0.15, -0.1) is 0 Å². The van der Waals surface area contributed by atoms with Gasteiger partial charge in [-0.1, -0.05) is 19.8 Å². The van der Waals surface area contributed by atoms with Crippen molar-refractivity contribution < 1.29 is 58.6 Å². The molecule has 0 atom stereocenters. The van der Waals surface area contributed by atoms with Crippen molar-refractivity contribution in [1.29, 1.82) is 0 Å². The Kier molecular flexibility index (Phi) is 70.9. The van der Waals surface area contributed by atoms with Crippen LogP contribution in [0.2, 0.25) is 0 Å². The van der Waals surface area contributed by atoms with Crippen LogP contribution in [0.3, 0.4) is 0 Å². The van der Waals surface area contributed by atoms with Gasteiger partial charge < -0.3 is 25.1 Å². The molecule has 0 rings (SSSR count). The molecule has 0 aromatic rings. The molecule has 0 fully saturated rings. The molecule has 0 aliphatic heterocycles. The first-order valence-electron chi connectivity index (χ1n) is 4.01. The molecule has 0 spiro atoms. The Morgan fingerprint density at radius 2 is 1.33 bits per heavy atom. The largest absolute Gasteiger partial charge is 2.00 e. The van der Waals surface area contributed by atoms with Crippen LogP contribution in [-0.2, 0) is 58.6 Å². The van der Waals surface area contributed by atoms with Crippen molar-refractivity contribution in [1.82, 2.24) is 0 Å². The molecule has 0 aliphatic carbocycles. The van der Waals surface area contributed by atoms with Crippen molar-refractivity contribution in [2.75, 3.05) is 0 Å². The van der Waals surface area contributed by atoms with E-state index >= 15 is 0 Å². The monoisotopic (exact) mass is 454 g/mol. The second-order valence-electron chi connectivity index (χ2n) is 2.69. The minimum absolute atomic E-state index is 0. The fraction of sp³-hybridized carbons (Fsp3) is 0.636. The van der Waals surface area contributed by atoms with Crippen LogP contribution < -0.4 is 0 Å². The van der Waals surface area contributed by atoms with Gasteiger partial charge in [0.1, 0.15) is 0 Å². The van der Waals surface area contributed by atoms with E-state index in [4.69, 9.17) is 4.79 Å². The zero-order chi connectivity index (χ0) is 9.28. The van der Waals surface area contributed by atoms with Crippen LogP contribution in [0.4, 0.5) is 0 Å². The van der Waals surface area contributed by atoms with E-state index in [2.05, 4.69) is 40.5 Å². The average molecular weight is 454 g/mol. The van der Waals surface area contributed by atoms with Gasteiger partial charge in [0.05, 0.1) is 0 Å². The van der Waals surface area contributed by atoms with Gasteiger partial charge in [-0.2, -0.15) is 20.8 Å². The van der Waals surface area contributed by atoms with E-state index in [1.54, 1.807) is 0 Å².